The predicted molar refractivity (Wildman–Crippen MR) is 52.3 cm³/mol. The van der Waals surface area contributed by atoms with Crippen LogP contribution in [-0.4, -0.2) is 17.4 Å². The average molecular weight is 181 g/mol. The molecule has 0 saturated heterocycles. The number of hydrogen-bond acceptors (Lipinski definition) is 3. The van der Waals surface area contributed by atoms with Crippen LogP contribution in [0.4, 0.5) is 0 Å². The highest BCUT2D eigenvalue weighted by molar-refractivity contribution is 7.99. The van der Waals surface area contributed by atoms with Gasteiger partial charge in [0.2, 0.25) is 0 Å². The molecule has 1 rings (SSSR count). The third-order valence-corrected chi connectivity index (χ3v) is 2.29. The molecule has 0 aliphatic heterocycles. The number of rotatable bonds is 3. The van der Waals surface area contributed by atoms with Gasteiger partial charge in [-0.25, -0.2) is 0 Å². The normalized spacial score (nSPS) is 12.5. The first-order valence-electron chi connectivity index (χ1n) is 3.63. The molecule has 1 aromatic carbocycles. The van der Waals surface area contributed by atoms with Crippen LogP contribution in [0.1, 0.15) is 10.4 Å². The molecular weight excluding hydrogens is 170 g/mol. The molecular formula is C9H11NOS. The van der Waals surface area contributed by atoms with Crippen LogP contribution in [0.15, 0.2) is 30.3 Å². The Hall–Kier alpha value is -0.800. The Morgan fingerprint density at radius 1 is 1.42 bits per heavy atom. The number of ketones is 1. The Bertz CT molecular complexity index is 260. The van der Waals surface area contributed by atoms with Crippen molar-refractivity contribution < 1.29 is 4.79 Å². The fraction of sp³-hybridized carbons (Fsp3) is 0.222. The number of carbonyl (C=O) groups is 1. The molecule has 2 N–H and O–H groups in total. The zero-order valence-electron chi connectivity index (χ0n) is 6.86. The fourth-order valence-corrected chi connectivity index (χ4v) is 1.22. The second kappa shape index (κ2) is 4.28. The average Bonchev–Trinajstić information content (AvgIpc) is 2.17. The number of thioether (sulfide) groups is 1. The largest absolute Gasteiger partial charge is 0.313 e. The summed E-state index contributed by atoms with van der Waals surface area (Å²) in [5.41, 5.74) is 6.24. The highest BCUT2D eigenvalue weighted by Crippen LogP contribution is 2.08. The van der Waals surface area contributed by atoms with E-state index in [1.165, 1.54) is 11.8 Å². The van der Waals surface area contributed by atoms with Crippen LogP contribution in [-0.2, 0) is 0 Å². The standard InChI is InChI=1S/C9H11NOS/c1-12-9(10)8(11)7-5-3-2-4-6-7/h2-6,9H,10H2,1H3. The van der Waals surface area contributed by atoms with E-state index in [4.69, 9.17) is 5.73 Å². The molecule has 3 heteroatoms. The molecule has 1 aromatic rings. The number of hydrogen-bond donors (Lipinski definition) is 1. The van der Waals surface area contributed by atoms with Gasteiger partial charge in [0.1, 0.15) is 5.37 Å². The van der Waals surface area contributed by atoms with Crippen LogP contribution < -0.4 is 5.73 Å². The lowest BCUT2D eigenvalue weighted by atomic mass is 10.1. The molecule has 0 bridgehead atoms. The molecule has 12 heavy (non-hydrogen) atoms. The highest BCUT2D eigenvalue weighted by Gasteiger charge is 2.12. The molecule has 0 spiro atoms. The van der Waals surface area contributed by atoms with Gasteiger partial charge >= 0.3 is 0 Å². The van der Waals surface area contributed by atoms with E-state index < -0.39 is 5.37 Å². The van der Waals surface area contributed by atoms with Gasteiger partial charge in [0.05, 0.1) is 0 Å². The summed E-state index contributed by atoms with van der Waals surface area (Å²) in [6.07, 6.45) is 1.82. The van der Waals surface area contributed by atoms with E-state index in [0.29, 0.717) is 5.56 Å². The first-order chi connectivity index (χ1) is 5.75. The Morgan fingerprint density at radius 3 is 2.50 bits per heavy atom. The van der Waals surface area contributed by atoms with E-state index in [1.54, 1.807) is 12.1 Å². The summed E-state index contributed by atoms with van der Waals surface area (Å²) in [5.74, 6) is -0.0110. The predicted octanol–water partition coefficient (Wildman–Crippen LogP) is 1.52. The van der Waals surface area contributed by atoms with Gasteiger partial charge in [-0.1, -0.05) is 30.3 Å². The molecule has 0 amide bonds. The van der Waals surface area contributed by atoms with Crippen LogP contribution >= 0.6 is 11.8 Å². The van der Waals surface area contributed by atoms with Crippen molar-refractivity contribution in [2.75, 3.05) is 6.26 Å². The lowest BCUT2D eigenvalue weighted by molar-refractivity contribution is 0.0991. The van der Waals surface area contributed by atoms with Crippen LogP contribution in [0.3, 0.4) is 0 Å². The molecule has 1 unspecified atom stereocenters. The summed E-state index contributed by atoms with van der Waals surface area (Å²) in [5, 5.41) is -0.438. The second-order valence-corrected chi connectivity index (χ2v) is 3.37. The monoisotopic (exact) mass is 181 g/mol. The summed E-state index contributed by atoms with van der Waals surface area (Å²) < 4.78 is 0. The number of carbonyl (C=O) groups excluding carboxylic acids is 1. The third-order valence-electron chi connectivity index (χ3n) is 1.57. The van der Waals surface area contributed by atoms with Crippen molar-refractivity contribution in [2.45, 2.75) is 5.37 Å². The summed E-state index contributed by atoms with van der Waals surface area (Å²) >= 11 is 1.36. The van der Waals surface area contributed by atoms with Crippen molar-refractivity contribution in [1.82, 2.24) is 0 Å². The number of nitrogens with two attached hydrogens (primary N) is 1. The van der Waals surface area contributed by atoms with Crippen molar-refractivity contribution >= 4 is 17.5 Å². The first-order valence-corrected chi connectivity index (χ1v) is 4.92. The molecule has 0 aromatic heterocycles. The Morgan fingerprint density at radius 2 is 2.00 bits per heavy atom. The van der Waals surface area contributed by atoms with E-state index >= 15 is 0 Å². The van der Waals surface area contributed by atoms with Gasteiger partial charge in [-0.15, -0.1) is 11.8 Å². The van der Waals surface area contributed by atoms with E-state index in [2.05, 4.69) is 0 Å². The summed E-state index contributed by atoms with van der Waals surface area (Å²) in [7, 11) is 0. The van der Waals surface area contributed by atoms with Crippen molar-refractivity contribution in [2.24, 2.45) is 5.73 Å². The molecule has 1 atom stereocenters. The molecule has 0 heterocycles. The molecule has 0 radical (unpaired) electrons. The van der Waals surface area contributed by atoms with Crippen molar-refractivity contribution in [3.63, 3.8) is 0 Å². The second-order valence-electron chi connectivity index (χ2n) is 2.39. The Labute approximate surface area is 76.2 Å². The van der Waals surface area contributed by atoms with E-state index in [0.717, 1.165) is 0 Å². The lowest BCUT2D eigenvalue weighted by Gasteiger charge is -2.05. The van der Waals surface area contributed by atoms with Crippen molar-refractivity contribution in [3.8, 4) is 0 Å². The van der Waals surface area contributed by atoms with Gasteiger partial charge < -0.3 is 5.73 Å². The molecule has 2 nitrogen and oxygen atoms in total. The summed E-state index contributed by atoms with van der Waals surface area (Å²) in [6, 6.07) is 9.10. The smallest absolute Gasteiger partial charge is 0.189 e. The lowest BCUT2D eigenvalue weighted by Crippen LogP contribution is -2.26. The van der Waals surface area contributed by atoms with Gasteiger partial charge in [0.15, 0.2) is 5.78 Å². The van der Waals surface area contributed by atoms with Crippen molar-refractivity contribution in [1.29, 1.82) is 0 Å². The quantitative estimate of drug-likeness (QED) is 0.568. The summed E-state index contributed by atoms with van der Waals surface area (Å²) in [6.45, 7) is 0. The zero-order valence-corrected chi connectivity index (χ0v) is 7.67. The first kappa shape index (κ1) is 9.29. The minimum absolute atomic E-state index is 0.0110. The molecule has 0 saturated carbocycles. The van der Waals surface area contributed by atoms with Crippen LogP contribution in [0, 0.1) is 0 Å². The van der Waals surface area contributed by atoms with Crippen LogP contribution in [0.2, 0.25) is 0 Å². The number of benzene rings is 1. The van der Waals surface area contributed by atoms with Crippen molar-refractivity contribution in [3.05, 3.63) is 35.9 Å². The minimum Gasteiger partial charge on any atom is -0.313 e. The number of Topliss-reactive ketones (excluding diaryl/α,β-unsaturated/α-hetero) is 1. The van der Waals surface area contributed by atoms with Gasteiger partial charge in [-0.05, 0) is 6.26 Å². The molecule has 64 valence electrons. The fourth-order valence-electron chi connectivity index (χ4n) is 0.874. The van der Waals surface area contributed by atoms with Crippen LogP contribution in [0.5, 0.6) is 0 Å². The maximum Gasteiger partial charge on any atom is 0.189 e. The van der Waals surface area contributed by atoms with E-state index in [9.17, 15) is 4.79 Å². The van der Waals surface area contributed by atoms with E-state index in [-0.39, 0.29) is 5.78 Å². The van der Waals surface area contributed by atoms with E-state index in [1.807, 2.05) is 24.5 Å². The summed E-state index contributed by atoms with van der Waals surface area (Å²) in [4.78, 5) is 11.4. The maximum absolute atomic E-state index is 11.4. The molecule has 0 fully saturated rings. The Kier molecular flexibility index (Phi) is 3.31. The SMILES string of the molecule is CSC(N)C(=O)c1ccccc1. The van der Waals surface area contributed by atoms with Gasteiger partial charge in [0, 0.05) is 5.56 Å². The topological polar surface area (TPSA) is 43.1 Å². The van der Waals surface area contributed by atoms with Gasteiger partial charge in [-0.2, -0.15) is 0 Å². The Balaban J connectivity index is 2.79. The van der Waals surface area contributed by atoms with Crippen LogP contribution in [0.25, 0.3) is 0 Å². The zero-order chi connectivity index (χ0) is 8.97. The minimum atomic E-state index is -0.438. The van der Waals surface area contributed by atoms with Gasteiger partial charge in [0.25, 0.3) is 0 Å². The maximum atomic E-state index is 11.4. The molecule has 0 aliphatic carbocycles. The highest BCUT2D eigenvalue weighted by atomic mass is 32.2. The third kappa shape index (κ3) is 2.09. The molecule has 0 aliphatic rings. The van der Waals surface area contributed by atoms with Gasteiger partial charge in [-0.3, -0.25) is 4.79 Å².